The van der Waals surface area contributed by atoms with Crippen LogP contribution in [-0.2, 0) is 4.79 Å². The topological polar surface area (TPSA) is 72.3 Å². The number of carbonyl (C=O) groups is 1. The molecule has 0 aromatic heterocycles. The minimum atomic E-state index is -0.250. The highest BCUT2D eigenvalue weighted by Gasteiger charge is 1.95. The summed E-state index contributed by atoms with van der Waals surface area (Å²) in [5.41, 5.74) is 0. The molecule has 0 unspecified atom stereocenters. The van der Waals surface area contributed by atoms with Crippen LogP contribution < -0.4 is 6.15 Å². The summed E-state index contributed by atoms with van der Waals surface area (Å²) in [6.45, 7) is -0.250. The Balaban J connectivity index is 0.000000372. The Labute approximate surface area is 105 Å². The third-order valence-corrected chi connectivity index (χ3v) is 2.61. The first kappa shape index (κ1) is 13.7. The van der Waals surface area contributed by atoms with Crippen molar-refractivity contribution in [2.24, 2.45) is 0 Å². The van der Waals surface area contributed by atoms with Crippen molar-refractivity contribution >= 4 is 28.0 Å². The Morgan fingerprint density at radius 1 is 0.722 bits per heavy atom. The summed E-state index contributed by atoms with van der Waals surface area (Å²) in [5, 5.41) is 12.1. The van der Waals surface area contributed by atoms with Crippen molar-refractivity contribution in [2.75, 3.05) is 0 Å². The fraction of sp³-hybridized carbons (Fsp3) is 0. The van der Waals surface area contributed by atoms with Crippen LogP contribution in [0.1, 0.15) is 0 Å². The first-order valence-electron chi connectivity index (χ1n) is 5.30. The zero-order chi connectivity index (χ0) is 12.1. The molecule has 18 heavy (non-hydrogen) atoms. The minimum Gasteiger partial charge on any atom is -0.483 e. The number of hydrogen-bond acceptors (Lipinski definition) is 2. The van der Waals surface area contributed by atoms with E-state index in [1.165, 1.54) is 21.5 Å². The van der Waals surface area contributed by atoms with Crippen LogP contribution in [0, 0.1) is 0 Å². The zero-order valence-corrected chi connectivity index (χ0v) is 9.91. The van der Waals surface area contributed by atoms with Crippen LogP contribution in [0.2, 0.25) is 0 Å². The van der Waals surface area contributed by atoms with Crippen molar-refractivity contribution in [1.29, 1.82) is 0 Å². The summed E-state index contributed by atoms with van der Waals surface area (Å²) in [4.78, 5) is 8.36. The van der Waals surface area contributed by atoms with Gasteiger partial charge in [-0.2, -0.15) is 0 Å². The molecular formula is C15H15NO2. The predicted molar refractivity (Wildman–Crippen MR) is 75.2 cm³/mol. The number of fused-ring (bicyclic) bond motifs is 2. The molecule has 0 saturated heterocycles. The van der Waals surface area contributed by atoms with Gasteiger partial charge in [0.05, 0.1) is 0 Å². The molecule has 0 saturated carbocycles. The normalized spacial score (nSPS) is 9.11. The number of benzene rings is 3. The summed E-state index contributed by atoms with van der Waals surface area (Å²) < 4.78 is 0. The van der Waals surface area contributed by atoms with Crippen LogP contribution in [0.15, 0.2) is 60.7 Å². The lowest BCUT2D eigenvalue weighted by Crippen LogP contribution is -1.74. The quantitative estimate of drug-likeness (QED) is 0.463. The first-order valence-corrected chi connectivity index (χ1v) is 5.30. The molecule has 3 rings (SSSR count). The summed E-state index contributed by atoms with van der Waals surface area (Å²) in [6.07, 6.45) is 0. The molecule has 0 aliphatic rings. The Morgan fingerprint density at radius 3 is 1.17 bits per heavy atom. The summed E-state index contributed by atoms with van der Waals surface area (Å²) >= 11 is 0. The molecule has 0 fully saturated rings. The highest BCUT2D eigenvalue weighted by Crippen LogP contribution is 2.21. The molecular weight excluding hydrogens is 226 g/mol. The molecule has 3 aromatic carbocycles. The van der Waals surface area contributed by atoms with Crippen LogP contribution in [0.3, 0.4) is 0 Å². The molecule has 0 spiro atoms. The molecule has 0 radical (unpaired) electrons. The van der Waals surface area contributed by atoms with Gasteiger partial charge in [-0.3, -0.25) is 4.79 Å². The van der Waals surface area contributed by atoms with Crippen molar-refractivity contribution < 1.29 is 9.90 Å². The fourth-order valence-corrected chi connectivity index (χ4v) is 1.88. The molecule has 3 nitrogen and oxygen atoms in total. The second-order valence-corrected chi connectivity index (χ2v) is 3.65. The second kappa shape index (κ2) is 6.37. The van der Waals surface area contributed by atoms with Crippen LogP contribution in [0.25, 0.3) is 21.5 Å². The van der Waals surface area contributed by atoms with Crippen LogP contribution >= 0.6 is 0 Å². The van der Waals surface area contributed by atoms with Gasteiger partial charge in [0, 0.05) is 0 Å². The van der Waals surface area contributed by atoms with E-state index in [1.54, 1.807) is 0 Å². The lowest BCUT2D eigenvalue weighted by Gasteiger charge is -2.00. The lowest BCUT2D eigenvalue weighted by atomic mass is 10.0. The van der Waals surface area contributed by atoms with Gasteiger partial charge in [-0.25, -0.2) is 0 Å². The largest absolute Gasteiger partial charge is 0.483 e. The van der Waals surface area contributed by atoms with E-state index >= 15 is 0 Å². The Bertz CT molecular complexity index is 545. The maximum atomic E-state index is 8.36. The van der Waals surface area contributed by atoms with Gasteiger partial charge in [-0.15, -0.1) is 0 Å². The highest BCUT2D eigenvalue weighted by molar-refractivity contribution is 5.98. The minimum absolute atomic E-state index is 0. The number of hydrogen-bond donors (Lipinski definition) is 2. The second-order valence-electron chi connectivity index (χ2n) is 3.65. The third kappa shape index (κ3) is 2.84. The molecule has 0 atom stereocenters. The predicted octanol–water partition coefficient (Wildman–Crippen LogP) is 3.86. The monoisotopic (exact) mass is 241 g/mol. The van der Waals surface area contributed by atoms with Crippen molar-refractivity contribution in [1.82, 2.24) is 6.15 Å². The van der Waals surface area contributed by atoms with Gasteiger partial charge >= 0.3 is 0 Å². The van der Waals surface area contributed by atoms with E-state index in [-0.39, 0.29) is 12.6 Å². The van der Waals surface area contributed by atoms with Crippen LogP contribution in [-0.4, -0.2) is 11.6 Å². The van der Waals surface area contributed by atoms with Gasteiger partial charge in [0.25, 0.3) is 6.47 Å². The average molecular weight is 241 g/mol. The van der Waals surface area contributed by atoms with Crippen LogP contribution in [0.5, 0.6) is 0 Å². The summed E-state index contributed by atoms with van der Waals surface area (Å²) in [5.74, 6) is 0. The van der Waals surface area contributed by atoms with E-state index in [0.717, 1.165) is 0 Å². The van der Waals surface area contributed by atoms with E-state index < -0.39 is 0 Å². The molecule has 0 aliphatic heterocycles. The molecule has 0 bridgehead atoms. The molecule has 0 aliphatic carbocycles. The molecule has 3 heteroatoms. The third-order valence-electron chi connectivity index (χ3n) is 2.61. The van der Waals surface area contributed by atoms with E-state index in [2.05, 4.69) is 60.7 Å². The molecule has 4 N–H and O–H groups in total. The Morgan fingerprint density at radius 2 is 0.944 bits per heavy atom. The van der Waals surface area contributed by atoms with Gasteiger partial charge in [0.15, 0.2) is 0 Å². The Kier molecular flexibility index (Phi) is 4.84. The molecule has 0 heterocycles. The maximum Gasteiger partial charge on any atom is 0.290 e. The van der Waals surface area contributed by atoms with Gasteiger partial charge in [-0.1, -0.05) is 48.5 Å². The van der Waals surface area contributed by atoms with Gasteiger partial charge < -0.3 is 11.3 Å². The zero-order valence-electron chi connectivity index (χ0n) is 9.91. The van der Waals surface area contributed by atoms with E-state index in [0.29, 0.717) is 0 Å². The van der Waals surface area contributed by atoms with E-state index in [1.807, 2.05) is 0 Å². The first-order chi connectivity index (χ1) is 8.35. The summed E-state index contributed by atoms with van der Waals surface area (Å²) in [6, 6.07) is 21.4. The molecule has 0 amide bonds. The lowest BCUT2D eigenvalue weighted by molar-refractivity contribution is -0.122. The SMILES string of the molecule is N.O=CO.c1ccc2cc3ccccc3cc2c1. The van der Waals surface area contributed by atoms with E-state index in [9.17, 15) is 0 Å². The van der Waals surface area contributed by atoms with Crippen molar-refractivity contribution in [3.05, 3.63) is 60.7 Å². The van der Waals surface area contributed by atoms with E-state index in [4.69, 9.17) is 9.90 Å². The van der Waals surface area contributed by atoms with Crippen molar-refractivity contribution in [3.8, 4) is 0 Å². The Hall–Kier alpha value is -2.39. The molecule has 92 valence electrons. The highest BCUT2D eigenvalue weighted by atomic mass is 16.3. The van der Waals surface area contributed by atoms with Crippen LogP contribution in [0.4, 0.5) is 0 Å². The van der Waals surface area contributed by atoms with Gasteiger partial charge in [0.1, 0.15) is 0 Å². The smallest absolute Gasteiger partial charge is 0.290 e. The standard InChI is InChI=1S/C14H10.CH2O2.H3N/c1-2-6-12-10-14-8-4-3-7-13(14)9-11(12)5-1;2-1-3;/h1-10H;1H,(H,2,3);1H3. The molecule has 3 aromatic rings. The van der Waals surface area contributed by atoms with Crippen molar-refractivity contribution in [2.45, 2.75) is 0 Å². The van der Waals surface area contributed by atoms with Gasteiger partial charge in [0.2, 0.25) is 0 Å². The summed E-state index contributed by atoms with van der Waals surface area (Å²) in [7, 11) is 0. The maximum absolute atomic E-state index is 8.36. The number of carboxylic acid groups (broad SMARTS) is 1. The number of rotatable bonds is 0. The van der Waals surface area contributed by atoms with Crippen molar-refractivity contribution in [3.63, 3.8) is 0 Å². The van der Waals surface area contributed by atoms with Gasteiger partial charge in [-0.05, 0) is 33.7 Å². The fourth-order valence-electron chi connectivity index (χ4n) is 1.88. The average Bonchev–Trinajstić information content (AvgIpc) is 2.37.